The van der Waals surface area contributed by atoms with Crippen LogP contribution >= 0.6 is 0 Å². The maximum Gasteiger partial charge on any atom is 0.220 e. The summed E-state index contributed by atoms with van der Waals surface area (Å²) in [6, 6.07) is 3.34. The van der Waals surface area contributed by atoms with Crippen LogP contribution in [0, 0.1) is 5.82 Å². The van der Waals surface area contributed by atoms with Gasteiger partial charge in [-0.3, -0.25) is 4.79 Å². The number of carbonyl (C=O) groups excluding carboxylic acids is 1. The number of hydrogen-bond donors (Lipinski definition) is 2. The largest absolute Gasteiger partial charge is 0.399 e. The summed E-state index contributed by atoms with van der Waals surface area (Å²) in [6.07, 6.45) is -0.206. The van der Waals surface area contributed by atoms with Gasteiger partial charge in [0.1, 0.15) is 10.7 Å². The molecule has 0 aliphatic carbocycles. The molecule has 0 spiro atoms. The molecule has 0 atom stereocenters. The van der Waals surface area contributed by atoms with Gasteiger partial charge in [0.05, 0.1) is 5.75 Å². The number of benzene rings is 1. The van der Waals surface area contributed by atoms with E-state index in [9.17, 15) is 17.6 Å². The minimum absolute atomic E-state index is 0.146. The first-order valence-electron chi connectivity index (χ1n) is 4.85. The standard InChI is InChI=1S/C10H13FN2O3S/c1-13-10(14)4-5-17(15,16)9-3-2-7(12)6-8(9)11/h2-3,6H,4-5,12H2,1H3,(H,13,14). The fourth-order valence-electron chi connectivity index (χ4n) is 1.23. The molecular weight excluding hydrogens is 247 g/mol. The molecule has 94 valence electrons. The van der Waals surface area contributed by atoms with E-state index in [-0.39, 0.29) is 12.1 Å². The van der Waals surface area contributed by atoms with E-state index in [0.29, 0.717) is 0 Å². The molecule has 17 heavy (non-hydrogen) atoms. The van der Waals surface area contributed by atoms with E-state index in [0.717, 1.165) is 12.1 Å². The van der Waals surface area contributed by atoms with Gasteiger partial charge in [0, 0.05) is 19.2 Å². The van der Waals surface area contributed by atoms with Crippen molar-refractivity contribution in [3.63, 3.8) is 0 Å². The van der Waals surface area contributed by atoms with Crippen LogP contribution in [0.15, 0.2) is 23.1 Å². The molecule has 5 nitrogen and oxygen atoms in total. The van der Waals surface area contributed by atoms with Crippen LogP contribution in [-0.4, -0.2) is 27.1 Å². The van der Waals surface area contributed by atoms with Crippen LogP contribution in [0.4, 0.5) is 10.1 Å². The van der Waals surface area contributed by atoms with E-state index in [1.807, 2.05) is 0 Å². The molecule has 1 amide bonds. The molecule has 0 unspecified atom stereocenters. The fourth-order valence-corrected chi connectivity index (χ4v) is 2.54. The Hall–Kier alpha value is -1.63. The van der Waals surface area contributed by atoms with E-state index in [4.69, 9.17) is 5.73 Å². The molecule has 0 heterocycles. The highest BCUT2D eigenvalue weighted by Crippen LogP contribution is 2.18. The average molecular weight is 260 g/mol. The molecule has 0 saturated heterocycles. The number of nitrogens with one attached hydrogen (secondary N) is 1. The summed E-state index contributed by atoms with van der Waals surface area (Å²) in [5.41, 5.74) is 5.46. The lowest BCUT2D eigenvalue weighted by atomic mass is 10.3. The Morgan fingerprint density at radius 2 is 2.12 bits per heavy atom. The SMILES string of the molecule is CNC(=O)CCS(=O)(=O)c1ccc(N)cc1F. The lowest BCUT2D eigenvalue weighted by Crippen LogP contribution is -2.21. The Morgan fingerprint density at radius 1 is 1.47 bits per heavy atom. The monoisotopic (exact) mass is 260 g/mol. The van der Waals surface area contributed by atoms with Gasteiger partial charge in [-0.05, 0) is 18.2 Å². The molecule has 0 bridgehead atoms. The van der Waals surface area contributed by atoms with Crippen molar-refractivity contribution in [2.45, 2.75) is 11.3 Å². The van der Waals surface area contributed by atoms with Crippen LogP contribution in [0.5, 0.6) is 0 Å². The first-order chi connectivity index (χ1) is 7.86. The molecule has 3 N–H and O–H groups in total. The first-order valence-corrected chi connectivity index (χ1v) is 6.50. The van der Waals surface area contributed by atoms with Crippen LogP contribution < -0.4 is 11.1 Å². The van der Waals surface area contributed by atoms with E-state index in [1.165, 1.54) is 13.1 Å². The van der Waals surface area contributed by atoms with Gasteiger partial charge in [0.2, 0.25) is 5.91 Å². The zero-order valence-corrected chi connectivity index (χ0v) is 10.1. The molecule has 7 heteroatoms. The van der Waals surface area contributed by atoms with Gasteiger partial charge in [0.15, 0.2) is 9.84 Å². The summed E-state index contributed by atoms with van der Waals surface area (Å²) in [4.78, 5) is 10.5. The summed E-state index contributed by atoms with van der Waals surface area (Å²) >= 11 is 0. The normalized spacial score (nSPS) is 11.2. The quantitative estimate of drug-likeness (QED) is 0.763. The molecule has 0 aliphatic heterocycles. The highest BCUT2D eigenvalue weighted by atomic mass is 32.2. The Morgan fingerprint density at radius 3 is 2.65 bits per heavy atom. The number of anilines is 1. The molecule has 0 radical (unpaired) electrons. The summed E-state index contributed by atoms with van der Waals surface area (Å²) in [5, 5.41) is 2.30. The Labute approximate surface area is 98.7 Å². The van der Waals surface area contributed by atoms with E-state index < -0.39 is 32.2 Å². The third kappa shape index (κ3) is 3.42. The Bertz CT molecular complexity index is 528. The molecule has 1 aromatic rings. The van der Waals surface area contributed by atoms with Crippen molar-refractivity contribution in [3.8, 4) is 0 Å². The van der Waals surface area contributed by atoms with Crippen molar-refractivity contribution in [2.24, 2.45) is 0 Å². The third-order valence-electron chi connectivity index (χ3n) is 2.17. The predicted molar refractivity (Wildman–Crippen MR) is 61.5 cm³/mol. The van der Waals surface area contributed by atoms with Crippen LogP contribution in [0.25, 0.3) is 0 Å². The average Bonchev–Trinajstić information content (AvgIpc) is 2.25. The number of rotatable bonds is 4. The van der Waals surface area contributed by atoms with Gasteiger partial charge in [-0.1, -0.05) is 0 Å². The summed E-state index contributed by atoms with van der Waals surface area (Å²) in [5.74, 6) is -1.75. The number of nitrogens with two attached hydrogens (primary N) is 1. The van der Waals surface area contributed by atoms with Crippen LogP contribution in [0.2, 0.25) is 0 Å². The maximum atomic E-state index is 13.4. The van der Waals surface area contributed by atoms with E-state index >= 15 is 0 Å². The first kappa shape index (κ1) is 13.4. The van der Waals surface area contributed by atoms with Crippen molar-refractivity contribution in [1.82, 2.24) is 5.32 Å². The molecule has 0 fully saturated rings. The third-order valence-corrected chi connectivity index (χ3v) is 3.91. The smallest absolute Gasteiger partial charge is 0.220 e. The van der Waals surface area contributed by atoms with Crippen LogP contribution in [-0.2, 0) is 14.6 Å². The number of nitrogen functional groups attached to an aromatic ring is 1. The Kier molecular flexibility index (Phi) is 4.06. The lowest BCUT2D eigenvalue weighted by molar-refractivity contribution is -0.120. The second-order valence-electron chi connectivity index (χ2n) is 3.43. The zero-order valence-electron chi connectivity index (χ0n) is 9.23. The van der Waals surface area contributed by atoms with Crippen molar-refractivity contribution < 1.29 is 17.6 Å². The number of halogens is 1. The number of hydrogen-bond acceptors (Lipinski definition) is 4. The molecule has 1 aromatic carbocycles. The minimum Gasteiger partial charge on any atom is -0.399 e. The number of carbonyl (C=O) groups is 1. The van der Waals surface area contributed by atoms with Gasteiger partial charge in [0.25, 0.3) is 0 Å². The molecular formula is C10H13FN2O3S. The summed E-state index contributed by atoms with van der Waals surface area (Å²) < 4.78 is 36.8. The summed E-state index contributed by atoms with van der Waals surface area (Å²) in [7, 11) is -2.40. The van der Waals surface area contributed by atoms with Gasteiger partial charge in [-0.25, -0.2) is 12.8 Å². The second-order valence-corrected chi connectivity index (χ2v) is 5.51. The number of sulfone groups is 1. The Balaban J connectivity index is 2.94. The minimum atomic E-state index is -3.80. The zero-order chi connectivity index (χ0) is 13.1. The highest BCUT2D eigenvalue weighted by Gasteiger charge is 2.20. The van der Waals surface area contributed by atoms with Gasteiger partial charge < -0.3 is 11.1 Å². The summed E-state index contributed by atoms with van der Waals surface area (Å²) in [6.45, 7) is 0. The van der Waals surface area contributed by atoms with Crippen molar-refractivity contribution in [3.05, 3.63) is 24.0 Å². The molecule has 0 saturated carbocycles. The van der Waals surface area contributed by atoms with Gasteiger partial charge in [-0.15, -0.1) is 0 Å². The van der Waals surface area contributed by atoms with E-state index in [1.54, 1.807) is 0 Å². The highest BCUT2D eigenvalue weighted by molar-refractivity contribution is 7.91. The topological polar surface area (TPSA) is 89.3 Å². The molecule has 0 aromatic heterocycles. The van der Waals surface area contributed by atoms with Gasteiger partial charge in [-0.2, -0.15) is 0 Å². The fraction of sp³-hybridized carbons (Fsp3) is 0.300. The number of amides is 1. The van der Waals surface area contributed by atoms with E-state index in [2.05, 4.69) is 5.32 Å². The van der Waals surface area contributed by atoms with Crippen LogP contribution in [0.3, 0.4) is 0 Å². The van der Waals surface area contributed by atoms with Crippen molar-refractivity contribution in [2.75, 3.05) is 18.5 Å². The molecule has 1 rings (SSSR count). The van der Waals surface area contributed by atoms with Gasteiger partial charge >= 0.3 is 0 Å². The second kappa shape index (κ2) is 5.13. The van der Waals surface area contributed by atoms with Crippen LogP contribution in [0.1, 0.15) is 6.42 Å². The lowest BCUT2D eigenvalue weighted by Gasteiger charge is -2.05. The van der Waals surface area contributed by atoms with Crippen molar-refractivity contribution in [1.29, 1.82) is 0 Å². The predicted octanol–water partition coefficient (Wildman–Crippen LogP) is 0.318. The van der Waals surface area contributed by atoms with Crippen molar-refractivity contribution >= 4 is 21.4 Å². The molecule has 0 aliphatic rings. The maximum absolute atomic E-state index is 13.4.